The van der Waals surface area contributed by atoms with Crippen LogP contribution in [0.15, 0.2) is 42.6 Å². The third-order valence-corrected chi connectivity index (χ3v) is 6.51. The summed E-state index contributed by atoms with van der Waals surface area (Å²) in [7, 11) is 0. The van der Waals surface area contributed by atoms with Gasteiger partial charge in [-0.2, -0.15) is 0 Å². The number of nitrogens with one attached hydrogen (secondary N) is 3. The number of hydrogen-bond acceptors (Lipinski definition) is 4. The number of aryl methyl sites for hydroxylation is 1. The molecule has 1 saturated carbocycles. The first kappa shape index (κ1) is 22.0. The van der Waals surface area contributed by atoms with E-state index in [2.05, 4.69) is 20.9 Å². The topological polar surface area (TPSA) is 100 Å². The van der Waals surface area contributed by atoms with Crippen molar-refractivity contribution in [2.24, 2.45) is 0 Å². The van der Waals surface area contributed by atoms with Crippen LogP contribution in [-0.4, -0.2) is 28.2 Å². The van der Waals surface area contributed by atoms with Gasteiger partial charge in [-0.1, -0.05) is 43.5 Å². The van der Waals surface area contributed by atoms with Crippen LogP contribution in [0.2, 0.25) is 0 Å². The number of nitrogens with zero attached hydrogens (tertiary/aromatic N) is 1. The minimum Gasteiger partial charge on any atom is -0.351 e. The fraction of sp³-hybridized carbons (Fsp3) is 0.440. The molecule has 2 heterocycles. The molecule has 0 bridgehead atoms. The fourth-order valence-electron chi connectivity index (χ4n) is 4.89. The Morgan fingerprint density at radius 1 is 1.12 bits per heavy atom. The van der Waals surface area contributed by atoms with Crippen molar-refractivity contribution in [1.29, 1.82) is 0 Å². The molecule has 0 spiro atoms. The van der Waals surface area contributed by atoms with Crippen LogP contribution in [0.25, 0.3) is 0 Å². The average molecular weight is 435 g/mol. The van der Waals surface area contributed by atoms with Crippen molar-refractivity contribution < 1.29 is 14.4 Å². The van der Waals surface area contributed by atoms with E-state index in [0.29, 0.717) is 11.4 Å². The minimum absolute atomic E-state index is 0.0203. The Kier molecular flexibility index (Phi) is 6.53. The largest absolute Gasteiger partial charge is 0.351 e. The number of fused-ring (bicyclic) bond motifs is 1. The number of carbonyl (C=O) groups excluding carboxylic acids is 3. The zero-order chi connectivity index (χ0) is 22.6. The summed E-state index contributed by atoms with van der Waals surface area (Å²) >= 11 is 0. The van der Waals surface area contributed by atoms with Crippen molar-refractivity contribution in [3.8, 4) is 0 Å². The quantitative estimate of drug-likeness (QED) is 0.619. The summed E-state index contributed by atoms with van der Waals surface area (Å²) in [5, 5.41) is 8.96. The molecule has 4 rings (SSSR count). The summed E-state index contributed by atoms with van der Waals surface area (Å²) < 4.78 is 0. The van der Waals surface area contributed by atoms with Gasteiger partial charge in [-0.3, -0.25) is 14.4 Å². The summed E-state index contributed by atoms with van der Waals surface area (Å²) in [5.74, 6) is 0.269. The van der Waals surface area contributed by atoms with Gasteiger partial charge >= 0.3 is 0 Å². The first-order valence-corrected chi connectivity index (χ1v) is 11.4. The molecule has 7 nitrogen and oxygen atoms in total. The van der Waals surface area contributed by atoms with Gasteiger partial charge in [-0.05, 0) is 48.9 Å². The standard InChI is InChI=1S/C25H30N4O3/c1-17(30)27-22-10-9-18(16-26-22)11-14-25(12-5-2-6-13-25)29-23(31)15-21-19-7-3-4-8-20(19)24(32)28-21/h3-4,7-10,16,21H,2,5-6,11-15H2,1H3,(H,28,32)(H,29,31)(H,26,27,30). The molecule has 1 aliphatic heterocycles. The van der Waals surface area contributed by atoms with E-state index in [1.54, 1.807) is 12.3 Å². The average Bonchev–Trinajstić information content (AvgIpc) is 3.09. The molecule has 168 valence electrons. The van der Waals surface area contributed by atoms with Gasteiger partial charge in [0.05, 0.1) is 12.5 Å². The lowest BCUT2D eigenvalue weighted by molar-refractivity contribution is -0.124. The highest BCUT2D eigenvalue weighted by molar-refractivity contribution is 5.99. The number of anilines is 1. The number of benzene rings is 1. The Labute approximate surface area is 188 Å². The monoisotopic (exact) mass is 434 g/mol. The van der Waals surface area contributed by atoms with E-state index in [0.717, 1.165) is 49.7 Å². The van der Waals surface area contributed by atoms with E-state index in [1.807, 2.05) is 30.3 Å². The van der Waals surface area contributed by atoms with E-state index in [-0.39, 0.29) is 35.7 Å². The molecule has 7 heteroatoms. The summed E-state index contributed by atoms with van der Waals surface area (Å²) in [6.45, 7) is 1.46. The number of amides is 3. The Bertz CT molecular complexity index is 997. The maximum atomic E-state index is 13.0. The van der Waals surface area contributed by atoms with Gasteiger partial charge in [0.1, 0.15) is 5.82 Å². The van der Waals surface area contributed by atoms with Crippen LogP contribution < -0.4 is 16.0 Å². The van der Waals surface area contributed by atoms with E-state index in [1.165, 1.54) is 13.3 Å². The van der Waals surface area contributed by atoms with Crippen LogP contribution in [0, 0.1) is 0 Å². The number of aromatic nitrogens is 1. The van der Waals surface area contributed by atoms with Crippen LogP contribution >= 0.6 is 0 Å². The lowest BCUT2D eigenvalue weighted by atomic mass is 9.77. The van der Waals surface area contributed by atoms with Crippen molar-refractivity contribution in [1.82, 2.24) is 15.6 Å². The number of rotatable bonds is 7. The fourth-order valence-corrected chi connectivity index (χ4v) is 4.89. The highest BCUT2D eigenvalue weighted by Gasteiger charge is 2.35. The maximum Gasteiger partial charge on any atom is 0.252 e. The van der Waals surface area contributed by atoms with Crippen LogP contribution in [0.3, 0.4) is 0 Å². The lowest BCUT2D eigenvalue weighted by Gasteiger charge is -2.38. The molecule has 1 aliphatic carbocycles. The van der Waals surface area contributed by atoms with Gasteiger partial charge in [0.15, 0.2) is 0 Å². The molecular weight excluding hydrogens is 404 g/mol. The van der Waals surface area contributed by atoms with Crippen LogP contribution in [0.5, 0.6) is 0 Å². The molecule has 1 fully saturated rings. The Morgan fingerprint density at radius 3 is 2.62 bits per heavy atom. The molecule has 0 radical (unpaired) electrons. The zero-order valence-electron chi connectivity index (χ0n) is 18.4. The molecule has 1 atom stereocenters. The number of carbonyl (C=O) groups is 3. The first-order valence-electron chi connectivity index (χ1n) is 11.4. The van der Waals surface area contributed by atoms with Gasteiger partial charge in [0.2, 0.25) is 11.8 Å². The molecule has 0 saturated heterocycles. The molecule has 1 aromatic carbocycles. The molecular formula is C25H30N4O3. The third-order valence-electron chi connectivity index (χ3n) is 6.51. The van der Waals surface area contributed by atoms with Crippen molar-refractivity contribution >= 4 is 23.5 Å². The Morgan fingerprint density at radius 2 is 1.91 bits per heavy atom. The highest BCUT2D eigenvalue weighted by atomic mass is 16.2. The first-order chi connectivity index (χ1) is 15.4. The SMILES string of the molecule is CC(=O)Nc1ccc(CCC2(NC(=O)CC3NC(=O)c4ccccc43)CCCCC2)cn1. The second-order valence-electron chi connectivity index (χ2n) is 8.94. The van der Waals surface area contributed by atoms with E-state index in [4.69, 9.17) is 0 Å². The summed E-state index contributed by atoms with van der Waals surface area (Å²) in [6, 6.07) is 11.0. The molecule has 32 heavy (non-hydrogen) atoms. The highest BCUT2D eigenvalue weighted by Crippen LogP contribution is 2.33. The smallest absolute Gasteiger partial charge is 0.252 e. The van der Waals surface area contributed by atoms with E-state index in [9.17, 15) is 14.4 Å². The summed E-state index contributed by atoms with van der Waals surface area (Å²) in [6.07, 6.45) is 8.99. The maximum absolute atomic E-state index is 13.0. The van der Waals surface area contributed by atoms with Gasteiger partial charge < -0.3 is 16.0 Å². The van der Waals surface area contributed by atoms with Crippen LogP contribution in [-0.2, 0) is 16.0 Å². The van der Waals surface area contributed by atoms with E-state index < -0.39 is 0 Å². The number of pyridine rings is 1. The molecule has 1 unspecified atom stereocenters. The molecule has 3 amide bonds. The second kappa shape index (κ2) is 9.51. The van der Waals surface area contributed by atoms with Crippen molar-refractivity contribution in [3.05, 3.63) is 59.3 Å². The normalized spacial score (nSPS) is 19.0. The van der Waals surface area contributed by atoms with Gasteiger partial charge in [0.25, 0.3) is 5.91 Å². The predicted molar refractivity (Wildman–Crippen MR) is 122 cm³/mol. The van der Waals surface area contributed by atoms with Crippen molar-refractivity contribution in [2.45, 2.75) is 69.9 Å². The second-order valence-corrected chi connectivity index (χ2v) is 8.94. The Hall–Kier alpha value is -3.22. The van der Waals surface area contributed by atoms with Gasteiger partial charge in [-0.25, -0.2) is 4.98 Å². The van der Waals surface area contributed by atoms with Crippen molar-refractivity contribution in [2.75, 3.05) is 5.32 Å². The molecule has 2 aliphatic rings. The predicted octanol–water partition coefficient (Wildman–Crippen LogP) is 3.67. The third kappa shape index (κ3) is 5.15. The Balaban J connectivity index is 1.39. The van der Waals surface area contributed by atoms with Gasteiger partial charge in [0, 0.05) is 24.2 Å². The summed E-state index contributed by atoms with van der Waals surface area (Å²) in [5.41, 5.74) is 2.41. The summed E-state index contributed by atoms with van der Waals surface area (Å²) in [4.78, 5) is 40.7. The zero-order valence-corrected chi connectivity index (χ0v) is 18.4. The van der Waals surface area contributed by atoms with Gasteiger partial charge in [-0.15, -0.1) is 0 Å². The molecule has 3 N–H and O–H groups in total. The van der Waals surface area contributed by atoms with Crippen molar-refractivity contribution in [3.63, 3.8) is 0 Å². The minimum atomic E-state index is -0.273. The number of hydrogen-bond donors (Lipinski definition) is 3. The lowest BCUT2D eigenvalue weighted by Crippen LogP contribution is -2.50. The van der Waals surface area contributed by atoms with E-state index >= 15 is 0 Å². The van der Waals surface area contributed by atoms with Crippen LogP contribution in [0.4, 0.5) is 5.82 Å². The molecule has 2 aromatic rings. The van der Waals surface area contributed by atoms with Crippen LogP contribution in [0.1, 0.15) is 79.4 Å². The molecule has 1 aromatic heterocycles.